The molecule has 0 saturated heterocycles. The Hall–Kier alpha value is -2.62. The van der Waals surface area contributed by atoms with Gasteiger partial charge in [0.15, 0.2) is 0 Å². The van der Waals surface area contributed by atoms with Crippen molar-refractivity contribution in [1.82, 2.24) is 0 Å². The average molecular weight is 453 g/mol. The Morgan fingerprint density at radius 2 is 1.33 bits per heavy atom. The number of unbranched alkanes of at least 4 members (excludes halogenated alkanes) is 2. The maximum Gasteiger partial charge on any atom is 0.308 e. The van der Waals surface area contributed by atoms with Crippen LogP contribution in [0.5, 0.6) is 0 Å². The molecule has 0 radical (unpaired) electrons. The van der Waals surface area contributed by atoms with E-state index in [0.717, 1.165) is 38.5 Å². The highest BCUT2D eigenvalue weighted by Crippen LogP contribution is 2.39. The van der Waals surface area contributed by atoms with Gasteiger partial charge >= 0.3 is 11.9 Å². The van der Waals surface area contributed by atoms with E-state index in [-0.39, 0.29) is 29.6 Å². The number of ether oxygens (including phenoxy) is 1. The standard InChI is InChI=1S/C29H40O4/c1-4-5-14-25(28(30)31)19-12-13-20-26(29(32)33-3)21-27(24-17-10-7-11-18-24)22(2)23-15-8-6-9-16-23/h6-11,15-18,22,25-27H,4-5,12-14,19-21H2,1-3H3,(H,30,31). The van der Waals surface area contributed by atoms with Crippen molar-refractivity contribution in [2.24, 2.45) is 11.8 Å². The molecule has 4 unspecified atom stereocenters. The number of carbonyl (C=O) groups is 2. The third-order valence-corrected chi connectivity index (χ3v) is 6.84. The number of aliphatic carboxylic acids is 1. The topological polar surface area (TPSA) is 63.6 Å². The zero-order valence-electron chi connectivity index (χ0n) is 20.4. The number of hydrogen-bond donors (Lipinski definition) is 1. The minimum absolute atomic E-state index is 0.169. The molecule has 4 atom stereocenters. The molecule has 0 bridgehead atoms. The van der Waals surface area contributed by atoms with Crippen molar-refractivity contribution in [1.29, 1.82) is 0 Å². The molecule has 0 aliphatic heterocycles. The Morgan fingerprint density at radius 1 is 0.818 bits per heavy atom. The van der Waals surface area contributed by atoms with Crippen LogP contribution in [0.3, 0.4) is 0 Å². The Morgan fingerprint density at radius 3 is 1.85 bits per heavy atom. The number of rotatable bonds is 15. The van der Waals surface area contributed by atoms with Crippen LogP contribution in [-0.2, 0) is 14.3 Å². The molecule has 4 heteroatoms. The smallest absolute Gasteiger partial charge is 0.308 e. The Kier molecular flexibility index (Phi) is 11.7. The molecule has 0 aromatic heterocycles. The Balaban J connectivity index is 2.09. The lowest BCUT2D eigenvalue weighted by Gasteiger charge is -2.28. The number of carbonyl (C=O) groups excluding carboxylic acids is 1. The molecule has 0 spiro atoms. The molecule has 0 aliphatic rings. The van der Waals surface area contributed by atoms with Crippen molar-refractivity contribution < 1.29 is 19.4 Å². The maximum absolute atomic E-state index is 12.7. The fourth-order valence-corrected chi connectivity index (χ4v) is 4.75. The number of hydrogen-bond acceptors (Lipinski definition) is 3. The van der Waals surface area contributed by atoms with Crippen LogP contribution < -0.4 is 0 Å². The number of carboxylic acid groups (broad SMARTS) is 1. The lowest BCUT2D eigenvalue weighted by Crippen LogP contribution is -2.22. The first-order valence-corrected chi connectivity index (χ1v) is 12.4. The van der Waals surface area contributed by atoms with E-state index in [0.29, 0.717) is 12.8 Å². The molecular formula is C29H40O4. The monoisotopic (exact) mass is 452 g/mol. The summed E-state index contributed by atoms with van der Waals surface area (Å²) in [4.78, 5) is 24.2. The summed E-state index contributed by atoms with van der Waals surface area (Å²) in [5, 5.41) is 9.47. The molecule has 0 aliphatic carbocycles. The van der Waals surface area contributed by atoms with Crippen LogP contribution in [0.15, 0.2) is 60.7 Å². The SMILES string of the molecule is CCCCC(CCCCC(CC(c1ccccc1)C(C)c1ccccc1)C(=O)OC)C(=O)O. The molecular weight excluding hydrogens is 412 g/mol. The van der Waals surface area contributed by atoms with Gasteiger partial charge in [0.25, 0.3) is 0 Å². The second-order valence-corrected chi connectivity index (χ2v) is 9.13. The summed E-state index contributed by atoms with van der Waals surface area (Å²) in [6.45, 7) is 4.31. The van der Waals surface area contributed by atoms with Crippen molar-refractivity contribution in [2.45, 2.75) is 77.0 Å². The quantitative estimate of drug-likeness (QED) is 0.229. The molecule has 0 amide bonds. The normalized spacial score (nSPS) is 14.8. The van der Waals surface area contributed by atoms with Crippen LogP contribution in [0.1, 0.15) is 88.2 Å². The second kappa shape index (κ2) is 14.5. The Bertz CT molecular complexity index is 818. The van der Waals surface area contributed by atoms with E-state index in [1.807, 2.05) is 12.1 Å². The number of esters is 1. The third-order valence-electron chi connectivity index (χ3n) is 6.84. The third kappa shape index (κ3) is 8.68. The van der Waals surface area contributed by atoms with Gasteiger partial charge in [0, 0.05) is 0 Å². The summed E-state index contributed by atoms with van der Waals surface area (Å²) in [5.74, 6) is -0.909. The summed E-state index contributed by atoms with van der Waals surface area (Å²) >= 11 is 0. The van der Waals surface area contributed by atoms with Crippen LogP contribution in [0.25, 0.3) is 0 Å². The summed E-state index contributed by atoms with van der Waals surface area (Å²) in [7, 11) is 1.46. The maximum atomic E-state index is 12.7. The number of carboxylic acids is 1. The molecule has 0 fully saturated rings. The van der Waals surface area contributed by atoms with E-state index in [1.54, 1.807) is 0 Å². The fraction of sp³-hybridized carbons (Fsp3) is 0.517. The van der Waals surface area contributed by atoms with Crippen LogP contribution in [0.4, 0.5) is 0 Å². The molecule has 2 aromatic rings. The zero-order chi connectivity index (χ0) is 24.1. The second-order valence-electron chi connectivity index (χ2n) is 9.13. The molecule has 1 N–H and O–H groups in total. The summed E-state index contributed by atoms with van der Waals surface area (Å²) < 4.78 is 5.17. The van der Waals surface area contributed by atoms with Gasteiger partial charge in [-0.05, 0) is 48.6 Å². The highest BCUT2D eigenvalue weighted by Gasteiger charge is 2.29. The van der Waals surface area contributed by atoms with E-state index < -0.39 is 5.97 Å². The highest BCUT2D eigenvalue weighted by atomic mass is 16.5. The lowest BCUT2D eigenvalue weighted by atomic mass is 9.76. The van der Waals surface area contributed by atoms with Gasteiger partial charge in [-0.3, -0.25) is 9.59 Å². The average Bonchev–Trinajstić information content (AvgIpc) is 2.85. The minimum atomic E-state index is -0.700. The summed E-state index contributed by atoms with van der Waals surface area (Å²) in [5.41, 5.74) is 2.49. The zero-order valence-corrected chi connectivity index (χ0v) is 20.4. The van der Waals surface area contributed by atoms with Gasteiger partial charge in [-0.15, -0.1) is 0 Å². The first-order chi connectivity index (χ1) is 16.0. The first-order valence-electron chi connectivity index (χ1n) is 12.4. The lowest BCUT2D eigenvalue weighted by molar-refractivity contribution is -0.146. The van der Waals surface area contributed by atoms with Crippen molar-refractivity contribution >= 4 is 11.9 Å². The van der Waals surface area contributed by atoms with Gasteiger partial charge < -0.3 is 9.84 Å². The van der Waals surface area contributed by atoms with E-state index >= 15 is 0 Å². The van der Waals surface area contributed by atoms with Crippen LogP contribution in [0.2, 0.25) is 0 Å². The molecule has 2 rings (SSSR count). The number of methoxy groups -OCH3 is 1. The van der Waals surface area contributed by atoms with Crippen molar-refractivity contribution in [2.75, 3.05) is 7.11 Å². The van der Waals surface area contributed by atoms with E-state index in [2.05, 4.69) is 62.4 Å². The van der Waals surface area contributed by atoms with Gasteiger partial charge in [-0.1, -0.05) is 100 Å². The molecule has 2 aromatic carbocycles. The van der Waals surface area contributed by atoms with Crippen LogP contribution in [-0.4, -0.2) is 24.2 Å². The van der Waals surface area contributed by atoms with E-state index in [1.165, 1.54) is 18.2 Å². The molecule has 0 heterocycles. The summed E-state index contributed by atoms with van der Waals surface area (Å²) in [6, 6.07) is 20.8. The largest absolute Gasteiger partial charge is 0.481 e. The van der Waals surface area contributed by atoms with E-state index in [9.17, 15) is 14.7 Å². The number of benzene rings is 2. The molecule has 4 nitrogen and oxygen atoms in total. The van der Waals surface area contributed by atoms with Gasteiger partial charge in [0.05, 0.1) is 18.9 Å². The summed E-state index contributed by atoms with van der Waals surface area (Å²) in [6.07, 6.45) is 6.44. The molecule has 33 heavy (non-hydrogen) atoms. The predicted molar refractivity (Wildman–Crippen MR) is 133 cm³/mol. The highest BCUT2D eigenvalue weighted by molar-refractivity contribution is 5.72. The van der Waals surface area contributed by atoms with Crippen molar-refractivity contribution in [3.8, 4) is 0 Å². The van der Waals surface area contributed by atoms with Crippen LogP contribution in [0, 0.1) is 11.8 Å². The van der Waals surface area contributed by atoms with Gasteiger partial charge in [0.2, 0.25) is 0 Å². The van der Waals surface area contributed by atoms with Crippen molar-refractivity contribution in [3.63, 3.8) is 0 Å². The predicted octanol–water partition coefficient (Wildman–Crippen LogP) is 7.20. The van der Waals surface area contributed by atoms with Crippen LogP contribution >= 0.6 is 0 Å². The Labute approximate surface area is 199 Å². The van der Waals surface area contributed by atoms with E-state index in [4.69, 9.17) is 4.74 Å². The fourth-order valence-electron chi connectivity index (χ4n) is 4.75. The van der Waals surface area contributed by atoms with Gasteiger partial charge in [-0.25, -0.2) is 0 Å². The van der Waals surface area contributed by atoms with Crippen molar-refractivity contribution in [3.05, 3.63) is 71.8 Å². The van der Waals surface area contributed by atoms with Gasteiger partial charge in [-0.2, -0.15) is 0 Å². The molecule has 180 valence electrons. The minimum Gasteiger partial charge on any atom is -0.481 e. The first kappa shape index (κ1) is 26.6. The molecule has 0 saturated carbocycles. The van der Waals surface area contributed by atoms with Gasteiger partial charge in [0.1, 0.15) is 0 Å².